The topological polar surface area (TPSA) is 88.8 Å². The minimum Gasteiger partial charge on any atom is -0.444 e. The Bertz CT molecular complexity index is 694. The second kappa shape index (κ2) is 5.84. The molecule has 2 aromatic rings. The maximum Gasteiger partial charge on any atom is 0.412 e. The SMILES string of the molecule is CC(C)(C)OC(=O)Nc1cc(CO)cn2nc(C(F)F)nc12. The molecule has 9 heteroatoms. The van der Waals surface area contributed by atoms with Gasteiger partial charge in [0, 0.05) is 6.20 Å². The second-order valence-electron chi connectivity index (χ2n) is 5.59. The summed E-state index contributed by atoms with van der Waals surface area (Å²) in [5.74, 6) is -0.665. The lowest BCUT2D eigenvalue weighted by atomic mass is 10.2. The Kier molecular flexibility index (Phi) is 4.27. The van der Waals surface area contributed by atoms with Gasteiger partial charge in [0.25, 0.3) is 6.43 Å². The van der Waals surface area contributed by atoms with Gasteiger partial charge in [0.05, 0.1) is 12.3 Å². The monoisotopic (exact) mass is 314 g/mol. The smallest absolute Gasteiger partial charge is 0.412 e. The first-order chi connectivity index (χ1) is 10.2. The highest BCUT2D eigenvalue weighted by Gasteiger charge is 2.20. The van der Waals surface area contributed by atoms with Crippen LogP contribution in [0.3, 0.4) is 0 Å². The molecular weight excluding hydrogens is 298 g/mol. The van der Waals surface area contributed by atoms with E-state index in [4.69, 9.17) is 4.74 Å². The molecule has 1 amide bonds. The van der Waals surface area contributed by atoms with Crippen molar-refractivity contribution in [3.05, 3.63) is 23.7 Å². The Hall–Kier alpha value is -2.29. The third-order valence-corrected chi connectivity index (χ3v) is 2.52. The Morgan fingerprint density at radius 2 is 2.18 bits per heavy atom. The molecule has 2 rings (SSSR count). The van der Waals surface area contributed by atoms with Crippen LogP contribution in [0.1, 0.15) is 38.6 Å². The minimum absolute atomic E-state index is 0.0401. The van der Waals surface area contributed by atoms with Crippen LogP contribution in [0.2, 0.25) is 0 Å². The van der Waals surface area contributed by atoms with Crippen molar-refractivity contribution in [2.45, 2.75) is 39.4 Å². The number of alkyl halides is 2. The molecule has 120 valence electrons. The fourth-order valence-electron chi connectivity index (χ4n) is 1.74. The number of amides is 1. The van der Waals surface area contributed by atoms with Gasteiger partial charge < -0.3 is 9.84 Å². The van der Waals surface area contributed by atoms with Crippen molar-refractivity contribution in [2.75, 3.05) is 5.32 Å². The summed E-state index contributed by atoms with van der Waals surface area (Å²) in [5, 5.41) is 15.2. The molecule has 0 radical (unpaired) electrons. The second-order valence-corrected chi connectivity index (χ2v) is 5.59. The number of aliphatic hydroxyl groups is 1. The van der Waals surface area contributed by atoms with Gasteiger partial charge in [-0.3, -0.25) is 5.32 Å². The van der Waals surface area contributed by atoms with Gasteiger partial charge in [0.2, 0.25) is 5.82 Å². The Labute approximate surface area is 124 Å². The molecule has 0 atom stereocenters. The number of halogens is 2. The third-order valence-electron chi connectivity index (χ3n) is 2.52. The van der Waals surface area contributed by atoms with Crippen molar-refractivity contribution in [2.24, 2.45) is 0 Å². The summed E-state index contributed by atoms with van der Waals surface area (Å²) in [5.41, 5.74) is -0.167. The highest BCUT2D eigenvalue weighted by molar-refractivity contribution is 5.89. The lowest BCUT2D eigenvalue weighted by Gasteiger charge is -2.19. The van der Waals surface area contributed by atoms with Crippen molar-refractivity contribution in [3.8, 4) is 0 Å². The molecular formula is C13H16F2N4O3. The van der Waals surface area contributed by atoms with E-state index in [0.29, 0.717) is 5.56 Å². The van der Waals surface area contributed by atoms with Crippen LogP contribution in [0.25, 0.3) is 5.65 Å². The number of aromatic nitrogens is 3. The van der Waals surface area contributed by atoms with E-state index in [1.807, 2.05) is 0 Å². The van der Waals surface area contributed by atoms with Gasteiger partial charge in [-0.05, 0) is 32.4 Å². The van der Waals surface area contributed by atoms with E-state index in [1.165, 1.54) is 12.3 Å². The van der Waals surface area contributed by atoms with Gasteiger partial charge in [0.15, 0.2) is 5.65 Å². The predicted molar refractivity (Wildman–Crippen MR) is 73.7 cm³/mol. The molecule has 22 heavy (non-hydrogen) atoms. The molecule has 0 aliphatic carbocycles. The maximum absolute atomic E-state index is 12.7. The molecule has 0 aliphatic heterocycles. The standard InChI is InChI=1S/C13H16F2N4O3/c1-13(2,3)22-12(21)16-8-4-7(6-20)5-19-11(8)17-10(18-19)9(14)15/h4-5,9,20H,6H2,1-3H3,(H,16,21). The van der Waals surface area contributed by atoms with Crippen LogP contribution in [-0.2, 0) is 11.3 Å². The van der Waals surface area contributed by atoms with Crippen molar-refractivity contribution >= 4 is 17.4 Å². The van der Waals surface area contributed by atoms with Crippen LogP contribution in [0.15, 0.2) is 12.3 Å². The van der Waals surface area contributed by atoms with E-state index < -0.39 is 23.9 Å². The summed E-state index contributed by atoms with van der Waals surface area (Å²) >= 11 is 0. The van der Waals surface area contributed by atoms with E-state index in [0.717, 1.165) is 4.52 Å². The number of nitrogens with one attached hydrogen (secondary N) is 1. The molecule has 7 nitrogen and oxygen atoms in total. The predicted octanol–water partition coefficient (Wildman–Crippen LogP) is 2.51. The lowest BCUT2D eigenvalue weighted by Crippen LogP contribution is -2.27. The number of carbonyl (C=O) groups excluding carboxylic acids is 1. The largest absolute Gasteiger partial charge is 0.444 e. The summed E-state index contributed by atoms with van der Waals surface area (Å²) in [6.45, 7) is 4.73. The summed E-state index contributed by atoms with van der Waals surface area (Å²) in [4.78, 5) is 15.5. The van der Waals surface area contributed by atoms with Crippen molar-refractivity contribution in [1.82, 2.24) is 14.6 Å². The van der Waals surface area contributed by atoms with E-state index in [1.54, 1.807) is 20.8 Å². The number of nitrogens with zero attached hydrogens (tertiary/aromatic N) is 3. The van der Waals surface area contributed by atoms with Crippen LogP contribution in [0, 0.1) is 0 Å². The number of rotatable bonds is 3. The number of hydrogen-bond acceptors (Lipinski definition) is 5. The van der Waals surface area contributed by atoms with Crippen molar-refractivity contribution in [1.29, 1.82) is 0 Å². The number of ether oxygens (including phenoxy) is 1. The van der Waals surface area contributed by atoms with Crippen LogP contribution in [0.4, 0.5) is 19.3 Å². The van der Waals surface area contributed by atoms with Gasteiger partial charge >= 0.3 is 6.09 Å². The number of pyridine rings is 1. The van der Waals surface area contributed by atoms with Crippen LogP contribution >= 0.6 is 0 Å². The molecule has 2 heterocycles. The molecule has 0 bridgehead atoms. The van der Waals surface area contributed by atoms with Gasteiger partial charge in [-0.2, -0.15) is 0 Å². The molecule has 0 spiro atoms. The summed E-state index contributed by atoms with van der Waals surface area (Å²) in [6.07, 6.45) is -2.24. The molecule has 0 aliphatic rings. The highest BCUT2D eigenvalue weighted by Crippen LogP contribution is 2.22. The number of hydrogen-bond donors (Lipinski definition) is 2. The molecule has 2 aromatic heterocycles. The lowest BCUT2D eigenvalue weighted by molar-refractivity contribution is 0.0636. The van der Waals surface area contributed by atoms with Crippen molar-refractivity contribution < 1.29 is 23.4 Å². The first kappa shape index (κ1) is 16.1. The quantitative estimate of drug-likeness (QED) is 0.908. The number of fused-ring (bicyclic) bond motifs is 1. The fraction of sp³-hybridized carbons (Fsp3) is 0.462. The molecule has 2 N–H and O–H groups in total. The normalized spacial score (nSPS) is 12.0. The average Bonchev–Trinajstić information content (AvgIpc) is 2.80. The van der Waals surface area contributed by atoms with Crippen LogP contribution in [-0.4, -0.2) is 31.4 Å². The van der Waals surface area contributed by atoms with Gasteiger partial charge in [-0.1, -0.05) is 0 Å². The number of anilines is 1. The zero-order valence-electron chi connectivity index (χ0n) is 12.3. The van der Waals surface area contributed by atoms with E-state index in [-0.39, 0.29) is 17.9 Å². The van der Waals surface area contributed by atoms with Crippen LogP contribution < -0.4 is 5.32 Å². The molecule has 0 saturated carbocycles. The molecule has 0 aromatic carbocycles. The van der Waals surface area contributed by atoms with Gasteiger partial charge in [-0.15, -0.1) is 5.10 Å². The minimum atomic E-state index is -2.84. The summed E-state index contributed by atoms with van der Waals surface area (Å²) in [7, 11) is 0. The maximum atomic E-state index is 12.7. The van der Waals surface area contributed by atoms with E-state index >= 15 is 0 Å². The van der Waals surface area contributed by atoms with Crippen molar-refractivity contribution in [3.63, 3.8) is 0 Å². The van der Waals surface area contributed by atoms with Crippen LogP contribution in [0.5, 0.6) is 0 Å². The average molecular weight is 314 g/mol. The Balaban J connectivity index is 2.40. The fourth-order valence-corrected chi connectivity index (χ4v) is 1.74. The zero-order valence-corrected chi connectivity index (χ0v) is 12.3. The zero-order chi connectivity index (χ0) is 16.5. The first-order valence-corrected chi connectivity index (χ1v) is 6.48. The first-order valence-electron chi connectivity index (χ1n) is 6.48. The Morgan fingerprint density at radius 1 is 1.50 bits per heavy atom. The highest BCUT2D eigenvalue weighted by atomic mass is 19.3. The number of aliphatic hydroxyl groups excluding tert-OH is 1. The van der Waals surface area contributed by atoms with Gasteiger partial charge in [-0.25, -0.2) is 23.1 Å². The van der Waals surface area contributed by atoms with Gasteiger partial charge in [0.1, 0.15) is 5.60 Å². The molecule has 0 fully saturated rings. The van der Waals surface area contributed by atoms with E-state index in [2.05, 4.69) is 15.4 Å². The third kappa shape index (κ3) is 3.67. The van der Waals surface area contributed by atoms with E-state index in [9.17, 15) is 18.7 Å². The molecule has 0 saturated heterocycles. The summed E-state index contributed by atoms with van der Waals surface area (Å²) < 4.78 is 31.6. The molecule has 0 unspecified atom stereocenters. The Morgan fingerprint density at radius 3 is 2.73 bits per heavy atom. The summed E-state index contributed by atoms with van der Waals surface area (Å²) in [6, 6.07) is 1.42. The number of carbonyl (C=O) groups is 1.